The second-order valence-corrected chi connectivity index (χ2v) is 6.45. The second kappa shape index (κ2) is 8.00. The van der Waals surface area contributed by atoms with E-state index in [9.17, 15) is 0 Å². The molecule has 2 aromatic carbocycles. The Hall–Kier alpha value is -3.54. The maximum Gasteiger partial charge on any atom is 0.219 e. The number of nitrogens with one attached hydrogen (secondary N) is 1. The number of nitrogens with zero attached hydrogens (tertiary/aromatic N) is 3. The summed E-state index contributed by atoms with van der Waals surface area (Å²) in [7, 11) is 1.88. The van der Waals surface area contributed by atoms with Gasteiger partial charge in [-0.3, -0.25) is 5.10 Å². The first-order chi connectivity index (χ1) is 13.8. The van der Waals surface area contributed by atoms with Crippen molar-refractivity contribution in [2.75, 3.05) is 13.2 Å². The Bertz CT molecular complexity index is 1100. The SMILES string of the molecule is C=Cc1ccccc1OCCCOc1c(-c2ccc3[nH]ncc3c2)cnn1C. The van der Waals surface area contributed by atoms with Crippen molar-refractivity contribution in [3.63, 3.8) is 0 Å². The van der Waals surface area contributed by atoms with Crippen LogP contribution in [0.15, 0.2) is 61.4 Å². The number of aryl methyl sites for hydroxylation is 1. The number of aromatic nitrogens is 4. The fourth-order valence-corrected chi connectivity index (χ4v) is 3.10. The number of hydrogen-bond acceptors (Lipinski definition) is 4. The third kappa shape index (κ3) is 3.62. The number of fused-ring (bicyclic) bond motifs is 1. The van der Waals surface area contributed by atoms with Crippen LogP contribution in [-0.4, -0.2) is 33.2 Å². The Morgan fingerprint density at radius 1 is 1.11 bits per heavy atom. The molecule has 0 aliphatic rings. The fraction of sp³-hybridized carbons (Fsp3) is 0.182. The normalized spacial score (nSPS) is 10.9. The summed E-state index contributed by atoms with van der Waals surface area (Å²) in [6.07, 6.45) is 6.20. The number of H-pyrrole nitrogens is 1. The molecule has 6 heteroatoms. The van der Waals surface area contributed by atoms with E-state index in [1.807, 2.05) is 55.8 Å². The van der Waals surface area contributed by atoms with Crippen molar-refractivity contribution in [1.29, 1.82) is 0 Å². The lowest BCUT2D eigenvalue weighted by Gasteiger charge is -2.11. The van der Waals surface area contributed by atoms with Gasteiger partial charge in [-0.25, -0.2) is 4.68 Å². The van der Waals surface area contributed by atoms with Gasteiger partial charge in [0.25, 0.3) is 0 Å². The van der Waals surface area contributed by atoms with E-state index in [4.69, 9.17) is 9.47 Å². The lowest BCUT2D eigenvalue weighted by molar-refractivity contribution is 0.236. The maximum atomic E-state index is 6.03. The predicted molar refractivity (Wildman–Crippen MR) is 110 cm³/mol. The highest BCUT2D eigenvalue weighted by Gasteiger charge is 2.13. The lowest BCUT2D eigenvalue weighted by atomic mass is 10.1. The molecule has 0 bridgehead atoms. The molecule has 1 N–H and O–H groups in total. The molecule has 0 atom stereocenters. The summed E-state index contributed by atoms with van der Waals surface area (Å²) in [5.74, 6) is 1.58. The lowest BCUT2D eigenvalue weighted by Crippen LogP contribution is -2.08. The van der Waals surface area contributed by atoms with Gasteiger partial charge >= 0.3 is 0 Å². The molecule has 0 fully saturated rings. The molecule has 0 aliphatic carbocycles. The van der Waals surface area contributed by atoms with Crippen molar-refractivity contribution in [2.24, 2.45) is 7.05 Å². The zero-order valence-corrected chi connectivity index (χ0v) is 15.8. The van der Waals surface area contributed by atoms with Crippen LogP contribution in [-0.2, 0) is 7.05 Å². The Balaban J connectivity index is 1.39. The number of rotatable bonds is 8. The van der Waals surface area contributed by atoms with Gasteiger partial charge in [0.1, 0.15) is 5.75 Å². The van der Waals surface area contributed by atoms with Crippen molar-refractivity contribution < 1.29 is 9.47 Å². The number of para-hydroxylation sites is 1. The summed E-state index contributed by atoms with van der Waals surface area (Å²) in [5, 5.41) is 12.5. The van der Waals surface area contributed by atoms with Crippen LogP contribution in [0.2, 0.25) is 0 Å². The molecule has 0 aliphatic heterocycles. The van der Waals surface area contributed by atoms with Crippen LogP contribution < -0.4 is 9.47 Å². The highest BCUT2D eigenvalue weighted by molar-refractivity contribution is 5.84. The van der Waals surface area contributed by atoms with Crippen LogP contribution in [0.3, 0.4) is 0 Å². The highest BCUT2D eigenvalue weighted by atomic mass is 16.5. The van der Waals surface area contributed by atoms with Crippen LogP contribution >= 0.6 is 0 Å². The first-order valence-corrected chi connectivity index (χ1v) is 9.19. The van der Waals surface area contributed by atoms with Crippen LogP contribution in [0.4, 0.5) is 0 Å². The molecular weight excluding hydrogens is 352 g/mol. The van der Waals surface area contributed by atoms with Gasteiger partial charge in [0.2, 0.25) is 5.88 Å². The maximum absolute atomic E-state index is 6.03. The van der Waals surface area contributed by atoms with Crippen LogP contribution in [0, 0.1) is 0 Å². The number of aromatic amines is 1. The summed E-state index contributed by atoms with van der Waals surface area (Å²) in [5.41, 5.74) is 4.01. The van der Waals surface area contributed by atoms with Gasteiger partial charge in [-0.05, 0) is 23.8 Å². The molecule has 0 saturated heterocycles. The number of hydrogen-bond donors (Lipinski definition) is 1. The van der Waals surface area contributed by atoms with Gasteiger partial charge < -0.3 is 9.47 Å². The minimum absolute atomic E-state index is 0.538. The standard InChI is InChI=1S/C22H22N4O2/c1-3-16-7-4-5-8-21(16)27-11-6-12-28-22-19(15-24-26(22)2)17-9-10-20-18(13-17)14-23-25-20/h3-5,7-10,13-15H,1,6,11-12H2,2H3,(H,23,25). The molecular formula is C22H22N4O2. The van der Waals surface area contributed by atoms with Crippen LogP contribution in [0.25, 0.3) is 28.1 Å². The molecule has 4 rings (SSSR count). The topological polar surface area (TPSA) is 65.0 Å². The molecule has 2 heterocycles. The summed E-state index contributed by atoms with van der Waals surface area (Å²) in [6.45, 7) is 4.92. The Morgan fingerprint density at radius 2 is 1.96 bits per heavy atom. The van der Waals surface area contributed by atoms with E-state index < -0.39 is 0 Å². The zero-order valence-electron chi connectivity index (χ0n) is 15.8. The van der Waals surface area contributed by atoms with Gasteiger partial charge in [-0.1, -0.05) is 36.9 Å². The van der Waals surface area contributed by atoms with Gasteiger partial charge in [-0.2, -0.15) is 10.2 Å². The Morgan fingerprint density at radius 3 is 2.86 bits per heavy atom. The van der Waals surface area contributed by atoms with Crippen LogP contribution in [0.1, 0.15) is 12.0 Å². The molecule has 0 saturated carbocycles. The van der Waals surface area contributed by atoms with Gasteiger partial charge in [-0.15, -0.1) is 0 Å². The summed E-state index contributed by atoms with van der Waals surface area (Å²) >= 11 is 0. The Labute approximate surface area is 163 Å². The quantitative estimate of drug-likeness (QED) is 0.463. The number of benzene rings is 2. The zero-order chi connectivity index (χ0) is 19.3. The van der Waals surface area contributed by atoms with E-state index >= 15 is 0 Å². The van der Waals surface area contributed by atoms with Crippen molar-refractivity contribution in [3.8, 4) is 22.8 Å². The van der Waals surface area contributed by atoms with E-state index in [2.05, 4.69) is 27.9 Å². The highest BCUT2D eigenvalue weighted by Crippen LogP contribution is 2.31. The molecule has 2 aromatic heterocycles. The first-order valence-electron chi connectivity index (χ1n) is 9.19. The van der Waals surface area contributed by atoms with E-state index in [0.717, 1.165) is 45.6 Å². The largest absolute Gasteiger partial charge is 0.493 e. The molecule has 0 amide bonds. The predicted octanol–water partition coefficient (Wildman–Crippen LogP) is 4.45. The van der Waals surface area contributed by atoms with Crippen LogP contribution in [0.5, 0.6) is 11.6 Å². The van der Waals surface area contributed by atoms with E-state index in [0.29, 0.717) is 13.2 Å². The third-order valence-electron chi connectivity index (χ3n) is 4.56. The third-order valence-corrected chi connectivity index (χ3v) is 4.56. The summed E-state index contributed by atoms with van der Waals surface area (Å²) in [4.78, 5) is 0. The van der Waals surface area contributed by atoms with Crippen molar-refractivity contribution in [1.82, 2.24) is 20.0 Å². The molecule has 6 nitrogen and oxygen atoms in total. The monoisotopic (exact) mass is 374 g/mol. The molecule has 28 heavy (non-hydrogen) atoms. The smallest absolute Gasteiger partial charge is 0.219 e. The first kappa shape index (κ1) is 17.9. The van der Waals surface area contributed by atoms with Gasteiger partial charge in [0, 0.05) is 24.4 Å². The van der Waals surface area contributed by atoms with Gasteiger partial charge in [0.05, 0.1) is 36.7 Å². The van der Waals surface area contributed by atoms with E-state index in [1.165, 1.54) is 0 Å². The fourth-order valence-electron chi connectivity index (χ4n) is 3.10. The Kier molecular flexibility index (Phi) is 5.10. The molecule has 142 valence electrons. The molecule has 0 unspecified atom stereocenters. The second-order valence-electron chi connectivity index (χ2n) is 6.45. The minimum Gasteiger partial charge on any atom is -0.493 e. The van der Waals surface area contributed by atoms with Crippen molar-refractivity contribution in [3.05, 3.63) is 67.0 Å². The van der Waals surface area contributed by atoms with Crippen molar-refractivity contribution >= 4 is 17.0 Å². The average molecular weight is 374 g/mol. The minimum atomic E-state index is 0.538. The molecule has 0 spiro atoms. The molecule has 0 radical (unpaired) electrons. The summed E-state index contributed by atoms with van der Waals surface area (Å²) < 4.78 is 13.6. The summed E-state index contributed by atoms with van der Waals surface area (Å²) in [6, 6.07) is 14.0. The van der Waals surface area contributed by atoms with Crippen molar-refractivity contribution in [2.45, 2.75) is 6.42 Å². The van der Waals surface area contributed by atoms with E-state index in [1.54, 1.807) is 10.8 Å². The molecule has 4 aromatic rings. The number of ether oxygens (including phenoxy) is 2. The van der Waals surface area contributed by atoms with Gasteiger partial charge in [0.15, 0.2) is 0 Å². The average Bonchev–Trinajstić information content (AvgIpc) is 3.34. The van der Waals surface area contributed by atoms with E-state index in [-0.39, 0.29) is 0 Å².